The normalized spacial score (nSPS) is 21.6. The van der Waals surface area contributed by atoms with Crippen molar-refractivity contribution in [3.8, 4) is 5.75 Å². The van der Waals surface area contributed by atoms with Crippen molar-refractivity contribution in [2.75, 3.05) is 20.2 Å². The molecule has 1 aromatic carbocycles. The van der Waals surface area contributed by atoms with Crippen molar-refractivity contribution in [1.29, 1.82) is 0 Å². The summed E-state index contributed by atoms with van der Waals surface area (Å²) in [5, 5.41) is 0.291. The van der Waals surface area contributed by atoms with Gasteiger partial charge in [0, 0.05) is 19.1 Å². The third-order valence-electron chi connectivity index (χ3n) is 4.34. The maximum atomic E-state index is 12.9. The van der Waals surface area contributed by atoms with Gasteiger partial charge in [0.15, 0.2) is 0 Å². The van der Waals surface area contributed by atoms with Crippen LogP contribution in [0.4, 0.5) is 0 Å². The number of benzene rings is 1. The number of hydrogen-bond donors (Lipinski definition) is 1. The van der Waals surface area contributed by atoms with E-state index in [0.717, 1.165) is 0 Å². The lowest BCUT2D eigenvalue weighted by Crippen LogP contribution is -2.53. The number of sulfonamides is 1. The number of aryl methyl sites for hydroxylation is 1. The first kappa shape index (κ1) is 20.5. The van der Waals surface area contributed by atoms with E-state index in [2.05, 4.69) is 0 Å². The van der Waals surface area contributed by atoms with Crippen LogP contribution in [0, 0.1) is 12.3 Å². The van der Waals surface area contributed by atoms with Gasteiger partial charge in [-0.15, -0.1) is 12.4 Å². The van der Waals surface area contributed by atoms with E-state index >= 15 is 0 Å². The summed E-state index contributed by atoms with van der Waals surface area (Å²) in [7, 11) is -2.09. The highest BCUT2D eigenvalue weighted by molar-refractivity contribution is 7.89. The fourth-order valence-corrected chi connectivity index (χ4v) is 4.90. The van der Waals surface area contributed by atoms with Gasteiger partial charge >= 0.3 is 0 Å². The number of nitrogens with zero attached hydrogens (tertiary/aromatic N) is 1. The first-order chi connectivity index (χ1) is 10.1. The Morgan fingerprint density at radius 2 is 2.00 bits per heavy atom. The molecule has 0 aromatic heterocycles. The summed E-state index contributed by atoms with van der Waals surface area (Å²) in [6.45, 7) is 6.56. The van der Waals surface area contributed by atoms with Crippen LogP contribution in [0.5, 0.6) is 5.75 Å². The zero-order valence-electron chi connectivity index (χ0n) is 13.8. The lowest BCUT2D eigenvalue weighted by Gasteiger charge is -2.41. The van der Waals surface area contributed by atoms with E-state index < -0.39 is 10.0 Å². The van der Waals surface area contributed by atoms with Crippen LogP contribution in [0.15, 0.2) is 17.0 Å². The molecule has 1 aromatic rings. The van der Waals surface area contributed by atoms with Gasteiger partial charge in [-0.2, -0.15) is 4.31 Å². The zero-order valence-corrected chi connectivity index (χ0v) is 16.2. The van der Waals surface area contributed by atoms with Crippen LogP contribution in [-0.2, 0) is 10.0 Å². The van der Waals surface area contributed by atoms with Crippen molar-refractivity contribution in [2.24, 2.45) is 11.1 Å². The zero-order chi connectivity index (χ0) is 16.7. The van der Waals surface area contributed by atoms with Crippen molar-refractivity contribution in [3.63, 3.8) is 0 Å². The lowest BCUT2D eigenvalue weighted by molar-refractivity contribution is 0.155. The second-order valence-electron chi connectivity index (χ2n) is 6.47. The molecular weight excluding hydrogens is 359 g/mol. The van der Waals surface area contributed by atoms with Crippen LogP contribution in [0.3, 0.4) is 0 Å². The topological polar surface area (TPSA) is 72.6 Å². The van der Waals surface area contributed by atoms with E-state index in [-0.39, 0.29) is 28.8 Å². The fraction of sp³-hybridized carbons (Fsp3) is 0.600. The number of nitrogens with two attached hydrogens (primary N) is 1. The summed E-state index contributed by atoms with van der Waals surface area (Å²) >= 11 is 6.10. The Kier molecular flexibility index (Phi) is 6.38. The second kappa shape index (κ2) is 7.15. The molecular formula is C15H24Cl2N2O3S. The van der Waals surface area contributed by atoms with Crippen LogP contribution in [0.25, 0.3) is 0 Å². The molecule has 1 unspecified atom stereocenters. The number of halogens is 2. The van der Waals surface area contributed by atoms with E-state index in [9.17, 15) is 8.42 Å². The van der Waals surface area contributed by atoms with Gasteiger partial charge in [-0.25, -0.2) is 8.42 Å². The Balaban J connectivity index is 0.00000264. The average molecular weight is 383 g/mol. The van der Waals surface area contributed by atoms with Crippen LogP contribution in [-0.4, -0.2) is 39.0 Å². The van der Waals surface area contributed by atoms with Crippen molar-refractivity contribution in [3.05, 3.63) is 22.7 Å². The van der Waals surface area contributed by atoms with E-state index in [1.165, 1.54) is 17.5 Å². The standard InChI is InChI=1S/C15H23ClN2O3S.ClH/c1-10-7-12(21-4)11(16)8-13(10)22(19,20)18-6-5-14(17)15(2,3)9-18;/h7-8,14H,5-6,9,17H2,1-4H3;1H. The van der Waals surface area contributed by atoms with Crippen molar-refractivity contribution < 1.29 is 13.2 Å². The minimum absolute atomic E-state index is 0. The predicted octanol–water partition coefficient (Wildman–Crippen LogP) is 2.83. The van der Waals surface area contributed by atoms with Gasteiger partial charge in [0.25, 0.3) is 0 Å². The number of ether oxygens (including phenoxy) is 1. The maximum absolute atomic E-state index is 12.9. The molecule has 0 radical (unpaired) electrons. The van der Waals surface area contributed by atoms with Gasteiger partial charge in [0.2, 0.25) is 10.0 Å². The molecule has 0 aliphatic carbocycles. The van der Waals surface area contributed by atoms with Crippen LogP contribution in [0.2, 0.25) is 5.02 Å². The quantitative estimate of drug-likeness (QED) is 0.871. The number of piperidine rings is 1. The maximum Gasteiger partial charge on any atom is 0.243 e. The number of hydrogen-bond acceptors (Lipinski definition) is 4. The molecule has 1 atom stereocenters. The highest BCUT2D eigenvalue weighted by atomic mass is 35.5. The third kappa shape index (κ3) is 3.94. The Morgan fingerprint density at radius 1 is 1.39 bits per heavy atom. The lowest BCUT2D eigenvalue weighted by atomic mass is 9.81. The van der Waals surface area contributed by atoms with E-state index in [1.807, 2.05) is 13.8 Å². The monoisotopic (exact) mass is 382 g/mol. The van der Waals surface area contributed by atoms with Gasteiger partial charge in [-0.05, 0) is 36.5 Å². The van der Waals surface area contributed by atoms with Gasteiger partial charge in [-0.3, -0.25) is 0 Å². The smallest absolute Gasteiger partial charge is 0.243 e. The Hall–Kier alpha value is -0.530. The van der Waals surface area contributed by atoms with Crippen LogP contribution < -0.4 is 10.5 Å². The van der Waals surface area contributed by atoms with Gasteiger partial charge in [-0.1, -0.05) is 25.4 Å². The van der Waals surface area contributed by atoms with Crippen molar-refractivity contribution in [1.82, 2.24) is 4.31 Å². The third-order valence-corrected chi connectivity index (χ3v) is 6.63. The van der Waals surface area contributed by atoms with Crippen LogP contribution >= 0.6 is 24.0 Å². The molecule has 8 heteroatoms. The largest absolute Gasteiger partial charge is 0.495 e. The molecule has 1 aliphatic heterocycles. The first-order valence-electron chi connectivity index (χ1n) is 7.19. The van der Waals surface area contributed by atoms with E-state index in [1.54, 1.807) is 13.0 Å². The summed E-state index contributed by atoms with van der Waals surface area (Å²) in [6.07, 6.45) is 0.648. The molecule has 1 aliphatic rings. The molecule has 0 saturated carbocycles. The Labute approximate surface area is 149 Å². The fourth-order valence-electron chi connectivity index (χ4n) is 2.74. The first-order valence-corrected chi connectivity index (χ1v) is 9.01. The number of methoxy groups -OCH3 is 1. The van der Waals surface area contributed by atoms with Gasteiger partial charge in [0.1, 0.15) is 5.75 Å². The highest BCUT2D eigenvalue weighted by Crippen LogP contribution is 2.35. The Morgan fingerprint density at radius 3 is 2.52 bits per heavy atom. The second-order valence-corrected chi connectivity index (χ2v) is 8.79. The van der Waals surface area contributed by atoms with Gasteiger partial charge in [0.05, 0.1) is 17.0 Å². The molecule has 0 amide bonds. The molecule has 1 saturated heterocycles. The minimum atomic E-state index is -3.60. The molecule has 1 heterocycles. The molecule has 23 heavy (non-hydrogen) atoms. The van der Waals surface area contributed by atoms with Gasteiger partial charge < -0.3 is 10.5 Å². The molecule has 0 spiro atoms. The summed E-state index contributed by atoms with van der Waals surface area (Å²) in [6, 6.07) is 3.11. The SMILES string of the molecule is COc1cc(C)c(S(=O)(=O)N2CCC(N)C(C)(C)C2)cc1Cl.Cl. The highest BCUT2D eigenvalue weighted by Gasteiger charge is 2.39. The van der Waals surface area contributed by atoms with Crippen molar-refractivity contribution >= 4 is 34.0 Å². The molecule has 132 valence electrons. The molecule has 2 N–H and O–H groups in total. The van der Waals surface area contributed by atoms with E-state index in [4.69, 9.17) is 22.1 Å². The molecule has 5 nitrogen and oxygen atoms in total. The predicted molar refractivity (Wildman–Crippen MR) is 95.1 cm³/mol. The number of rotatable bonds is 3. The summed E-state index contributed by atoms with van der Waals surface area (Å²) < 4.78 is 32.5. The molecule has 0 bridgehead atoms. The van der Waals surface area contributed by atoms with Crippen molar-refractivity contribution in [2.45, 2.75) is 38.1 Å². The Bertz CT molecular complexity index is 678. The summed E-state index contributed by atoms with van der Waals surface area (Å²) in [4.78, 5) is 0.226. The van der Waals surface area contributed by atoms with Crippen LogP contribution in [0.1, 0.15) is 25.8 Å². The van der Waals surface area contributed by atoms with E-state index in [0.29, 0.717) is 35.8 Å². The summed E-state index contributed by atoms with van der Waals surface area (Å²) in [5.41, 5.74) is 6.45. The molecule has 1 fully saturated rings. The average Bonchev–Trinajstić information content (AvgIpc) is 2.43. The summed E-state index contributed by atoms with van der Waals surface area (Å²) in [5.74, 6) is 0.471. The minimum Gasteiger partial charge on any atom is -0.495 e. The molecule has 2 rings (SSSR count).